The van der Waals surface area contributed by atoms with E-state index < -0.39 is 12.0 Å². The van der Waals surface area contributed by atoms with Crippen LogP contribution in [0.3, 0.4) is 0 Å². The molecule has 24 heavy (non-hydrogen) atoms. The van der Waals surface area contributed by atoms with E-state index in [-0.39, 0.29) is 17.5 Å². The van der Waals surface area contributed by atoms with E-state index >= 15 is 0 Å². The molecule has 1 fully saturated rings. The summed E-state index contributed by atoms with van der Waals surface area (Å²) in [7, 11) is 1.47. The number of benzene rings is 1. The predicted octanol–water partition coefficient (Wildman–Crippen LogP) is 2.15. The molecule has 2 rings (SSSR count). The van der Waals surface area contributed by atoms with Crippen molar-refractivity contribution < 1.29 is 19.2 Å². The molecule has 1 heterocycles. The van der Waals surface area contributed by atoms with Gasteiger partial charge < -0.3 is 4.90 Å². The van der Waals surface area contributed by atoms with Gasteiger partial charge in [0.05, 0.1) is 5.56 Å². The molecule has 130 valence electrons. The molecule has 1 aliphatic heterocycles. The van der Waals surface area contributed by atoms with Gasteiger partial charge in [-0.1, -0.05) is 32.0 Å². The van der Waals surface area contributed by atoms with Crippen LogP contribution in [-0.4, -0.2) is 53.8 Å². The Labute approximate surface area is 142 Å². The van der Waals surface area contributed by atoms with Crippen molar-refractivity contribution in [2.75, 3.05) is 13.6 Å². The number of carbonyl (C=O) groups is 3. The molecule has 0 aromatic heterocycles. The summed E-state index contributed by atoms with van der Waals surface area (Å²) in [4.78, 5) is 43.4. The maximum Gasteiger partial charge on any atom is 0.277 e. The van der Waals surface area contributed by atoms with Crippen molar-refractivity contribution in [3.8, 4) is 0 Å². The molecule has 0 bridgehead atoms. The fraction of sp³-hybridized carbons (Fsp3) is 0.500. The first kappa shape index (κ1) is 18.1. The molecule has 2 atom stereocenters. The minimum atomic E-state index is -0.670. The number of amides is 2. The van der Waals surface area contributed by atoms with Crippen LogP contribution >= 0.6 is 0 Å². The van der Waals surface area contributed by atoms with E-state index in [9.17, 15) is 14.4 Å². The normalized spacial score (nSPS) is 20.5. The molecule has 6 nitrogen and oxygen atoms in total. The van der Waals surface area contributed by atoms with E-state index in [2.05, 4.69) is 13.8 Å². The van der Waals surface area contributed by atoms with Gasteiger partial charge in [0.1, 0.15) is 0 Å². The maximum absolute atomic E-state index is 12.5. The summed E-state index contributed by atoms with van der Waals surface area (Å²) in [6.07, 6.45) is 0.503. The van der Waals surface area contributed by atoms with Gasteiger partial charge >= 0.3 is 0 Å². The lowest BCUT2D eigenvalue weighted by Crippen LogP contribution is -2.39. The standard InChI is InChI=1S/C18H24N2O4/c1-12(2)10-20-13(3)9-16(18(20)23)24-19(4)17(22)15-8-6-5-7-14(15)11-21/h5-8,11-13,16H,9-10H2,1-4H3. The topological polar surface area (TPSA) is 66.9 Å². The minimum absolute atomic E-state index is 0.0793. The summed E-state index contributed by atoms with van der Waals surface area (Å²) >= 11 is 0. The van der Waals surface area contributed by atoms with Crippen LogP contribution in [-0.2, 0) is 9.63 Å². The van der Waals surface area contributed by atoms with E-state index in [1.54, 1.807) is 29.2 Å². The third-order valence-corrected chi connectivity index (χ3v) is 4.10. The van der Waals surface area contributed by atoms with Gasteiger partial charge in [0.15, 0.2) is 12.4 Å². The Balaban J connectivity index is 2.07. The highest BCUT2D eigenvalue weighted by Crippen LogP contribution is 2.24. The lowest BCUT2D eigenvalue weighted by Gasteiger charge is -2.24. The van der Waals surface area contributed by atoms with Crippen LogP contribution in [0, 0.1) is 5.92 Å². The Bertz CT molecular complexity index is 629. The molecular weight excluding hydrogens is 308 g/mol. The SMILES string of the molecule is CC(C)CN1C(=O)C(ON(C)C(=O)c2ccccc2C=O)CC1C. The summed E-state index contributed by atoms with van der Waals surface area (Å²) in [5, 5.41) is 1.05. The van der Waals surface area contributed by atoms with Gasteiger partial charge in [0.25, 0.3) is 11.8 Å². The zero-order valence-electron chi connectivity index (χ0n) is 14.6. The smallest absolute Gasteiger partial charge is 0.277 e. The highest BCUT2D eigenvalue weighted by molar-refractivity contribution is 6.00. The monoisotopic (exact) mass is 332 g/mol. The molecular formula is C18H24N2O4. The minimum Gasteiger partial charge on any atom is -0.337 e. The molecule has 1 saturated heterocycles. The Kier molecular flexibility index (Phi) is 5.72. The fourth-order valence-corrected chi connectivity index (χ4v) is 2.89. The molecule has 0 saturated carbocycles. The van der Waals surface area contributed by atoms with Gasteiger partial charge in [-0.15, -0.1) is 0 Å². The van der Waals surface area contributed by atoms with Crippen LogP contribution in [0.2, 0.25) is 0 Å². The molecule has 0 spiro atoms. The van der Waals surface area contributed by atoms with Crippen molar-refractivity contribution in [3.63, 3.8) is 0 Å². The highest BCUT2D eigenvalue weighted by Gasteiger charge is 2.39. The molecule has 1 aromatic rings. The summed E-state index contributed by atoms with van der Waals surface area (Å²) in [6.45, 7) is 6.76. The molecule has 0 radical (unpaired) electrons. The van der Waals surface area contributed by atoms with Gasteiger partial charge in [-0.2, -0.15) is 0 Å². The maximum atomic E-state index is 12.5. The summed E-state index contributed by atoms with van der Waals surface area (Å²) in [6, 6.07) is 6.59. The summed E-state index contributed by atoms with van der Waals surface area (Å²) in [5.41, 5.74) is 0.554. The van der Waals surface area contributed by atoms with E-state index in [4.69, 9.17) is 4.84 Å². The summed E-state index contributed by atoms with van der Waals surface area (Å²) in [5.74, 6) is -0.172. The molecule has 2 unspecified atom stereocenters. The van der Waals surface area contributed by atoms with Gasteiger partial charge in [0, 0.05) is 31.6 Å². The molecule has 1 aromatic carbocycles. The van der Waals surface area contributed by atoms with E-state index in [1.807, 2.05) is 6.92 Å². The van der Waals surface area contributed by atoms with E-state index in [0.717, 1.165) is 5.06 Å². The lowest BCUT2D eigenvalue weighted by atomic mass is 10.1. The third kappa shape index (κ3) is 3.82. The molecule has 0 aliphatic carbocycles. The molecule has 0 N–H and O–H groups in total. The van der Waals surface area contributed by atoms with Crippen LogP contribution in [0.5, 0.6) is 0 Å². The number of hydrogen-bond donors (Lipinski definition) is 0. The lowest BCUT2D eigenvalue weighted by molar-refractivity contribution is -0.167. The van der Waals surface area contributed by atoms with E-state index in [0.29, 0.717) is 30.7 Å². The van der Waals surface area contributed by atoms with E-state index in [1.165, 1.54) is 7.05 Å². The van der Waals surface area contributed by atoms with Crippen molar-refractivity contribution in [2.24, 2.45) is 5.92 Å². The third-order valence-electron chi connectivity index (χ3n) is 4.10. The molecule has 2 amide bonds. The zero-order valence-corrected chi connectivity index (χ0v) is 14.6. The van der Waals surface area contributed by atoms with Crippen molar-refractivity contribution >= 4 is 18.1 Å². The second-order valence-corrected chi connectivity index (χ2v) is 6.57. The number of likely N-dealkylation sites (tertiary alicyclic amines) is 1. The number of hydroxylamine groups is 2. The first-order valence-electron chi connectivity index (χ1n) is 8.14. The second-order valence-electron chi connectivity index (χ2n) is 6.57. The number of nitrogens with zero attached hydrogens (tertiary/aromatic N) is 2. The fourth-order valence-electron chi connectivity index (χ4n) is 2.89. The zero-order chi connectivity index (χ0) is 17.9. The first-order valence-corrected chi connectivity index (χ1v) is 8.14. The number of carbonyl (C=O) groups excluding carboxylic acids is 3. The first-order chi connectivity index (χ1) is 11.3. The van der Waals surface area contributed by atoms with Crippen LogP contribution in [0.15, 0.2) is 24.3 Å². The average Bonchev–Trinajstić information content (AvgIpc) is 2.81. The quantitative estimate of drug-likeness (QED) is 0.591. The Morgan fingerprint density at radius 1 is 1.42 bits per heavy atom. The van der Waals surface area contributed by atoms with Crippen molar-refractivity contribution in [1.82, 2.24) is 9.96 Å². The Hall–Kier alpha value is -2.21. The van der Waals surface area contributed by atoms with Crippen LogP contribution in [0.4, 0.5) is 0 Å². The van der Waals surface area contributed by atoms with Gasteiger partial charge in [-0.05, 0) is 18.9 Å². The van der Waals surface area contributed by atoms with Gasteiger partial charge in [0.2, 0.25) is 0 Å². The van der Waals surface area contributed by atoms with Gasteiger partial charge in [-0.25, -0.2) is 5.06 Å². The Morgan fingerprint density at radius 2 is 2.08 bits per heavy atom. The number of rotatable bonds is 6. The van der Waals surface area contributed by atoms with Crippen molar-refractivity contribution in [1.29, 1.82) is 0 Å². The largest absolute Gasteiger partial charge is 0.337 e. The average molecular weight is 332 g/mol. The van der Waals surface area contributed by atoms with Crippen LogP contribution in [0.1, 0.15) is 47.9 Å². The molecule has 1 aliphatic rings. The van der Waals surface area contributed by atoms with Gasteiger partial charge in [-0.3, -0.25) is 19.2 Å². The number of aldehydes is 1. The Morgan fingerprint density at radius 3 is 2.71 bits per heavy atom. The van der Waals surface area contributed by atoms with Crippen LogP contribution < -0.4 is 0 Å². The van der Waals surface area contributed by atoms with Crippen molar-refractivity contribution in [2.45, 2.75) is 39.3 Å². The van der Waals surface area contributed by atoms with Crippen molar-refractivity contribution in [3.05, 3.63) is 35.4 Å². The summed E-state index contributed by atoms with van der Waals surface area (Å²) < 4.78 is 0. The second kappa shape index (κ2) is 7.57. The highest BCUT2D eigenvalue weighted by atomic mass is 16.7. The van der Waals surface area contributed by atoms with Crippen LogP contribution in [0.25, 0.3) is 0 Å². The number of hydrogen-bond acceptors (Lipinski definition) is 4. The predicted molar refractivity (Wildman–Crippen MR) is 89.4 cm³/mol. The molecule has 6 heteroatoms.